The number of rotatable bonds is 8. The molecule has 0 radical (unpaired) electrons. The first kappa shape index (κ1) is 21.1. The van der Waals surface area contributed by atoms with Crippen LogP contribution in [-0.4, -0.2) is 66.2 Å². The summed E-state index contributed by atoms with van der Waals surface area (Å²) < 4.78 is 16.1. The maximum atomic E-state index is 12.7. The summed E-state index contributed by atoms with van der Waals surface area (Å²) in [5.74, 6) is 2.61. The van der Waals surface area contributed by atoms with Crippen LogP contribution in [0.4, 0.5) is 0 Å². The van der Waals surface area contributed by atoms with E-state index in [1.165, 1.54) is 0 Å². The maximum Gasteiger partial charge on any atom is 0.241 e. The molecular formula is C21H30N4O4. The molecule has 29 heavy (non-hydrogen) atoms. The SMILES string of the molecule is CCN(CC)C(=O)C1CCCN(Cc2nc(-c3ccc(OC)c(OC)c3)no2)C1. The standard InChI is InChI=1S/C21H30N4O4/c1-5-25(6-2)21(26)16-8-7-11-24(13-16)14-19-22-20(23-29-19)15-9-10-17(27-3)18(12-15)28-4/h9-10,12,16H,5-8,11,13-14H2,1-4H3. The van der Waals surface area contributed by atoms with E-state index < -0.39 is 0 Å². The molecule has 0 bridgehead atoms. The van der Waals surface area contributed by atoms with Gasteiger partial charge in [0.2, 0.25) is 17.6 Å². The van der Waals surface area contributed by atoms with Gasteiger partial charge in [-0.2, -0.15) is 4.98 Å². The van der Waals surface area contributed by atoms with Crippen molar-refractivity contribution in [3.63, 3.8) is 0 Å². The van der Waals surface area contributed by atoms with E-state index in [4.69, 9.17) is 14.0 Å². The van der Waals surface area contributed by atoms with Crippen LogP contribution < -0.4 is 9.47 Å². The molecule has 1 aliphatic heterocycles. The number of ether oxygens (including phenoxy) is 2. The lowest BCUT2D eigenvalue weighted by molar-refractivity contribution is -0.137. The topological polar surface area (TPSA) is 80.9 Å². The number of benzene rings is 1. The molecule has 1 aromatic carbocycles. The molecular weight excluding hydrogens is 372 g/mol. The fourth-order valence-electron chi connectivity index (χ4n) is 3.80. The van der Waals surface area contributed by atoms with Gasteiger partial charge in [-0.05, 0) is 51.4 Å². The van der Waals surface area contributed by atoms with Crippen LogP contribution in [0.5, 0.6) is 11.5 Å². The van der Waals surface area contributed by atoms with E-state index >= 15 is 0 Å². The lowest BCUT2D eigenvalue weighted by atomic mass is 9.96. The third kappa shape index (κ3) is 4.87. The number of piperidine rings is 1. The van der Waals surface area contributed by atoms with Crippen LogP contribution in [0.2, 0.25) is 0 Å². The molecule has 1 fully saturated rings. The summed E-state index contributed by atoms with van der Waals surface area (Å²) in [6.07, 6.45) is 1.93. The van der Waals surface area contributed by atoms with Crippen molar-refractivity contribution in [1.29, 1.82) is 0 Å². The van der Waals surface area contributed by atoms with Gasteiger partial charge in [-0.15, -0.1) is 0 Å². The zero-order chi connectivity index (χ0) is 20.8. The lowest BCUT2D eigenvalue weighted by Gasteiger charge is -2.33. The molecule has 158 valence electrons. The van der Waals surface area contributed by atoms with Gasteiger partial charge in [0.15, 0.2) is 11.5 Å². The second-order valence-electron chi connectivity index (χ2n) is 7.17. The van der Waals surface area contributed by atoms with Gasteiger partial charge in [0.25, 0.3) is 0 Å². The summed E-state index contributed by atoms with van der Waals surface area (Å²) in [6.45, 7) is 7.75. The molecule has 1 aromatic heterocycles. The van der Waals surface area contributed by atoms with Crippen LogP contribution in [0.1, 0.15) is 32.6 Å². The van der Waals surface area contributed by atoms with Crippen molar-refractivity contribution in [3.05, 3.63) is 24.1 Å². The molecule has 1 atom stereocenters. The quantitative estimate of drug-likeness (QED) is 0.671. The smallest absolute Gasteiger partial charge is 0.241 e. The Morgan fingerprint density at radius 2 is 2.00 bits per heavy atom. The average Bonchev–Trinajstić information content (AvgIpc) is 3.22. The Balaban J connectivity index is 1.66. The first-order chi connectivity index (χ1) is 14.1. The fraction of sp³-hybridized carbons (Fsp3) is 0.571. The van der Waals surface area contributed by atoms with Gasteiger partial charge in [-0.1, -0.05) is 5.16 Å². The molecule has 1 saturated heterocycles. The molecule has 1 amide bonds. The van der Waals surface area contributed by atoms with E-state index in [1.54, 1.807) is 14.2 Å². The lowest BCUT2D eigenvalue weighted by Crippen LogP contribution is -2.44. The summed E-state index contributed by atoms with van der Waals surface area (Å²) in [4.78, 5) is 21.4. The minimum absolute atomic E-state index is 0.0388. The molecule has 0 N–H and O–H groups in total. The van der Waals surface area contributed by atoms with Gasteiger partial charge >= 0.3 is 0 Å². The molecule has 0 aliphatic carbocycles. The van der Waals surface area contributed by atoms with Crippen molar-refractivity contribution in [2.45, 2.75) is 33.2 Å². The number of aromatic nitrogens is 2. The van der Waals surface area contributed by atoms with E-state index in [0.29, 0.717) is 29.8 Å². The van der Waals surface area contributed by atoms with Gasteiger partial charge in [0.05, 0.1) is 26.7 Å². The van der Waals surface area contributed by atoms with Crippen LogP contribution in [0.3, 0.4) is 0 Å². The third-order valence-corrected chi connectivity index (χ3v) is 5.40. The molecule has 8 nitrogen and oxygen atoms in total. The molecule has 0 saturated carbocycles. The van der Waals surface area contributed by atoms with Crippen molar-refractivity contribution in [1.82, 2.24) is 19.9 Å². The summed E-state index contributed by atoms with van der Waals surface area (Å²) in [5, 5.41) is 4.11. The summed E-state index contributed by atoms with van der Waals surface area (Å²) >= 11 is 0. The highest BCUT2D eigenvalue weighted by Crippen LogP contribution is 2.31. The first-order valence-electron chi connectivity index (χ1n) is 10.2. The predicted octanol–water partition coefficient (Wildman–Crippen LogP) is 2.83. The van der Waals surface area contributed by atoms with Gasteiger partial charge in [0.1, 0.15) is 0 Å². The van der Waals surface area contributed by atoms with E-state index in [0.717, 1.165) is 44.6 Å². The van der Waals surface area contributed by atoms with E-state index in [2.05, 4.69) is 15.0 Å². The second kappa shape index (κ2) is 9.73. The molecule has 1 aliphatic rings. The number of carbonyl (C=O) groups is 1. The zero-order valence-electron chi connectivity index (χ0n) is 17.7. The number of carbonyl (C=O) groups excluding carboxylic acids is 1. The summed E-state index contributed by atoms with van der Waals surface area (Å²) in [5.41, 5.74) is 0.797. The minimum Gasteiger partial charge on any atom is -0.493 e. The number of hydrogen-bond acceptors (Lipinski definition) is 7. The Bertz CT molecular complexity index is 819. The molecule has 3 rings (SSSR count). The fourth-order valence-corrected chi connectivity index (χ4v) is 3.80. The van der Waals surface area contributed by atoms with Gasteiger partial charge in [-0.25, -0.2) is 0 Å². The van der Waals surface area contributed by atoms with Crippen molar-refractivity contribution < 1.29 is 18.8 Å². The third-order valence-electron chi connectivity index (χ3n) is 5.40. The summed E-state index contributed by atoms with van der Waals surface area (Å²) in [6, 6.07) is 5.51. The number of hydrogen-bond donors (Lipinski definition) is 0. The second-order valence-corrected chi connectivity index (χ2v) is 7.17. The van der Waals surface area contributed by atoms with Crippen LogP contribution >= 0.6 is 0 Å². The van der Waals surface area contributed by atoms with Gasteiger partial charge in [-0.3, -0.25) is 9.69 Å². The maximum absolute atomic E-state index is 12.7. The number of methoxy groups -OCH3 is 2. The molecule has 2 heterocycles. The summed E-state index contributed by atoms with van der Waals surface area (Å²) in [7, 11) is 3.19. The van der Waals surface area contributed by atoms with E-state index in [9.17, 15) is 4.79 Å². The van der Waals surface area contributed by atoms with Crippen LogP contribution in [-0.2, 0) is 11.3 Å². The highest BCUT2D eigenvalue weighted by atomic mass is 16.5. The van der Waals surface area contributed by atoms with Crippen molar-refractivity contribution in [3.8, 4) is 22.9 Å². The molecule has 0 spiro atoms. The highest BCUT2D eigenvalue weighted by molar-refractivity contribution is 5.79. The highest BCUT2D eigenvalue weighted by Gasteiger charge is 2.29. The van der Waals surface area contributed by atoms with Gasteiger partial charge in [0, 0.05) is 25.2 Å². The molecule has 8 heteroatoms. The van der Waals surface area contributed by atoms with E-state index in [1.807, 2.05) is 36.9 Å². The van der Waals surface area contributed by atoms with E-state index in [-0.39, 0.29) is 11.8 Å². The zero-order valence-corrected chi connectivity index (χ0v) is 17.7. The Labute approximate surface area is 171 Å². The normalized spacial score (nSPS) is 17.2. The van der Waals surface area contributed by atoms with Gasteiger partial charge < -0.3 is 18.9 Å². The Morgan fingerprint density at radius 1 is 1.24 bits per heavy atom. The van der Waals surface area contributed by atoms with Crippen molar-refractivity contribution >= 4 is 5.91 Å². The molecule has 1 unspecified atom stereocenters. The van der Waals surface area contributed by atoms with Crippen molar-refractivity contribution in [2.24, 2.45) is 5.92 Å². The Morgan fingerprint density at radius 3 is 2.69 bits per heavy atom. The number of nitrogens with zero attached hydrogens (tertiary/aromatic N) is 4. The molecule has 2 aromatic rings. The monoisotopic (exact) mass is 402 g/mol. The largest absolute Gasteiger partial charge is 0.493 e. The van der Waals surface area contributed by atoms with Crippen LogP contribution in [0.25, 0.3) is 11.4 Å². The predicted molar refractivity (Wildman–Crippen MR) is 109 cm³/mol. The van der Waals surface area contributed by atoms with Crippen LogP contribution in [0, 0.1) is 5.92 Å². The minimum atomic E-state index is 0.0388. The average molecular weight is 402 g/mol. The van der Waals surface area contributed by atoms with Crippen molar-refractivity contribution in [2.75, 3.05) is 40.4 Å². The first-order valence-corrected chi connectivity index (χ1v) is 10.2. The Hall–Kier alpha value is -2.61. The number of likely N-dealkylation sites (tertiary alicyclic amines) is 1. The van der Waals surface area contributed by atoms with Crippen LogP contribution in [0.15, 0.2) is 22.7 Å². The number of amides is 1. The Kier molecular flexibility index (Phi) is 7.09.